The van der Waals surface area contributed by atoms with Crippen molar-refractivity contribution in [3.8, 4) is 0 Å². The Kier molecular flexibility index (Phi) is 6.93. The summed E-state index contributed by atoms with van der Waals surface area (Å²) in [5.74, 6) is 1.88. The van der Waals surface area contributed by atoms with Crippen LogP contribution in [-0.4, -0.2) is 28.4 Å². The number of amidine groups is 1. The van der Waals surface area contributed by atoms with E-state index in [1.54, 1.807) is 0 Å². The molecule has 5 heteroatoms. The minimum atomic E-state index is 0.610. The molecule has 5 rings (SSSR count). The number of aryl methyl sites for hydroxylation is 2. The lowest BCUT2D eigenvalue weighted by Crippen LogP contribution is -2.41. The van der Waals surface area contributed by atoms with Gasteiger partial charge in [-0.05, 0) is 46.8 Å². The standard InChI is InChI=1S/C23H19N5.C6H10/c1-14-4-8-17(9-5-14)20-12-19-13-21(18-10-6-15(2)7-11-18)27-23-25-16(3)24-22(26-20)28(19)23;1-3-5-6-4-2/h4-13H,1-3H3;3-6H,1-2H3/b;5-3-,6-4-. The first kappa shape index (κ1) is 23.1. The Bertz CT molecular complexity index is 1260. The molecule has 0 unspecified atom stereocenters. The zero-order valence-corrected chi connectivity index (χ0v) is 20.3. The van der Waals surface area contributed by atoms with Gasteiger partial charge in [-0.25, -0.2) is 14.9 Å². The molecule has 3 aliphatic heterocycles. The molecule has 0 aromatic heterocycles. The molecule has 0 spiro atoms. The molecule has 0 N–H and O–H groups in total. The van der Waals surface area contributed by atoms with E-state index in [1.165, 1.54) is 11.1 Å². The van der Waals surface area contributed by atoms with Crippen LogP contribution in [0.1, 0.15) is 43.0 Å². The fourth-order valence-corrected chi connectivity index (χ4v) is 3.58. The van der Waals surface area contributed by atoms with Crippen LogP contribution in [0.25, 0.3) is 5.70 Å². The SMILES string of the molecule is C/C=C\C=C/C.CC1=NC2=NC(c3ccc(C)cc3)=CC3=CC(c4ccc(C)cc4)=NC(=N1)N32. The molecule has 2 aromatic carbocycles. The van der Waals surface area contributed by atoms with Gasteiger partial charge in [0.25, 0.3) is 0 Å². The second kappa shape index (κ2) is 10.2. The summed E-state index contributed by atoms with van der Waals surface area (Å²) in [6, 6.07) is 16.8. The molecule has 0 saturated carbocycles. The van der Waals surface area contributed by atoms with Gasteiger partial charge in [-0.3, -0.25) is 0 Å². The monoisotopic (exact) mass is 447 g/mol. The third-order valence-corrected chi connectivity index (χ3v) is 5.38. The van der Waals surface area contributed by atoms with Crippen molar-refractivity contribution in [1.82, 2.24) is 4.90 Å². The van der Waals surface area contributed by atoms with Gasteiger partial charge in [-0.15, -0.1) is 0 Å². The number of guanidine groups is 2. The maximum absolute atomic E-state index is 4.77. The van der Waals surface area contributed by atoms with Crippen molar-refractivity contribution in [2.45, 2.75) is 34.6 Å². The maximum Gasteiger partial charge on any atom is 0.239 e. The Hall–Kier alpha value is -4.12. The highest BCUT2D eigenvalue weighted by Gasteiger charge is 2.31. The molecule has 0 amide bonds. The van der Waals surface area contributed by atoms with Crippen molar-refractivity contribution >= 4 is 29.2 Å². The number of benzene rings is 2. The summed E-state index contributed by atoms with van der Waals surface area (Å²) in [6.45, 7) is 10.0. The van der Waals surface area contributed by atoms with Gasteiger partial charge in [0.1, 0.15) is 5.84 Å². The first-order valence-corrected chi connectivity index (χ1v) is 11.4. The largest absolute Gasteiger partial charge is 0.246 e. The Balaban J connectivity index is 0.000000408. The van der Waals surface area contributed by atoms with E-state index in [4.69, 9.17) is 9.98 Å². The zero-order valence-electron chi connectivity index (χ0n) is 20.3. The summed E-state index contributed by atoms with van der Waals surface area (Å²) in [6.07, 6.45) is 12.1. The highest BCUT2D eigenvalue weighted by molar-refractivity contribution is 6.23. The van der Waals surface area contributed by atoms with Gasteiger partial charge in [-0.2, -0.15) is 9.98 Å². The van der Waals surface area contributed by atoms with E-state index in [0.717, 1.165) is 28.2 Å². The van der Waals surface area contributed by atoms with Crippen LogP contribution in [0.15, 0.2) is 111 Å². The second-order valence-electron chi connectivity index (χ2n) is 8.20. The highest BCUT2D eigenvalue weighted by Crippen LogP contribution is 2.30. The number of hydrogen-bond donors (Lipinski definition) is 0. The molecule has 3 heterocycles. The second-order valence-corrected chi connectivity index (χ2v) is 8.20. The van der Waals surface area contributed by atoms with E-state index in [2.05, 4.69) is 84.5 Å². The van der Waals surface area contributed by atoms with Crippen molar-refractivity contribution in [1.29, 1.82) is 0 Å². The summed E-state index contributed by atoms with van der Waals surface area (Å²) in [4.78, 5) is 20.5. The van der Waals surface area contributed by atoms with E-state index in [9.17, 15) is 0 Å². The number of rotatable bonds is 3. The smallest absolute Gasteiger partial charge is 0.239 e. The van der Waals surface area contributed by atoms with E-state index < -0.39 is 0 Å². The molecule has 0 aliphatic carbocycles. The minimum absolute atomic E-state index is 0.610. The molecule has 170 valence electrons. The van der Waals surface area contributed by atoms with Gasteiger partial charge in [0.2, 0.25) is 11.9 Å². The summed E-state index contributed by atoms with van der Waals surface area (Å²) in [5.41, 5.74) is 7.33. The fourth-order valence-electron chi connectivity index (χ4n) is 3.58. The van der Waals surface area contributed by atoms with E-state index in [1.807, 2.05) is 50.0 Å². The van der Waals surface area contributed by atoms with Gasteiger partial charge >= 0.3 is 0 Å². The molecular weight excluding hydrogens is 418 g/mol. The summed E-state index contributed by atoms with van der Waals surface area (Å²) >= 11 is 0. The first-order valence-electron chi connectivity index (χ1n) is 11.4. The molecule has 0 radical (unpaired) electrons. The number of hydrogen-bond acceptors (Lipinski definition) is 5. The maximum atomic E-state index is 4.77. The summed E-state index contributed by atoms with van der Waals surface area (Å²) < 4.78 is 0. The molecule has 0 saturated heterocycles. The molecule has 5 nitrogen and oxygen atoms in total. The van der Waals surface area contributed by atoms with Crippen molar-refractivity contribution in [3.05, 3.63) is 113 Å². The average Bonchev–Trinajstić information content (AvgIpc) is 2.83. The third-order valence-electron chi connectivity index (χ3n) is 5.38. The zero-order chi connectivity index (χ0) is 24.1. The molecule has 2 aromatic rings. The fraction of sp³-hybridized carbons (Fsp3) is 0.172. The van der Waals surface area contributed by atoms with Gasteiger partial charge in [0.15, 0.2) is 0 Å². The van der Waals surface area contributed by atoms with Gasteiger partial charge in [0, 0.05) is 11.1 Å². The average molecular weight is 448 g/mol. The van der Waals surface area contributed by atoms with Gasteiger partial charge < -0.3 is 0 Å². The topological polar surface area (TPSA) is 52.7 Å². The summed E-state index contributed by atoms with van der Waals surface area (Å²) in [7, 11) is 0. The summed E-state index contributed by atoms with van der Waals surface area (Å²) in [5, 5.41) is 0. The van der Waals surface area contributed by atoms with Crippen LogP contribution < -0.4 is 0 Å². The lowest BCUT2D eigenvalue weighted by molar-refractivity contribution is 0.736. The Morgan fingerprint density at radius 1 is 0.618 bits per heavy atom. The minimum Gasteiger partial charge on any atom is -0.246 e. The van der Waals surface area contributed by atoms with Crippen LogP contribution in [0.5, 0.6) is 0 Å². The van der Waals surface area contributed by atoms with Crippen LogP contribution in [0.4, 0.5) is 0 Å². The lowest BCUT2D eigenvalue weighted by atomic mass is 10.0. The van der Waals surface area contributed by atoms with Crippen molar-refractivity contribution in [2.24, 2.45) is 20.0 Å². The first-order chi connectivity index (χ1) is 16.5. The van der Waals surface area contributed by atoms with Crippen LogP contribution in [-0.2, 0) is 0 Å². The van der Waals surface area contributed by atoms with E-state index in [0.29, 0.717) is 17.8 Å². The molecule has 3 aliphatic rings. The van der Waals surface area contributed by atoms with Crippen LogP contribution in [0, 0.1) is 13.8 Å². The number of allylic oxidation sites excluding steroid dienone is 6. The molecule has 34 heavy (non-hydrogen) atoms. The highest BCUT2D eigenvalue weighted by atomic mass is 15.4. The van der Waals surface area contributed by atoms with E-state index >= 15 is 0 Å². The predicted molar refractivity (Wildman–Crippen MR) is 144 cm³/mol. The van der Waals surface area contributed by atoms with Crippen LogP contribution in [0.3, 0.4) is 0 Å². The molecule has 0 atom stereocenters. The quantitative estimate of drug-likeness (QED) is 0.487. The molecule has 0 fully saturated rings. The van der Waals surface area contributed by atoms with Crippen molar-refractivity contribution in [2.75, 3.05) is 0 Å². The van der Waals surface area contributed by atoms with Crippen LogP contribution >= 0.6 is 0 Å². The Morgan fingerprint density at radius 2 is 1.18 bits per heavy atom. The lowest BCUT2D eigenvalue weighted by Gasteiger charge is -2.32. The van der Waals surface area contributed by atoms with Gasteiger partial charge in [-0.1, -0.05) is 84.0 Å². The van der Waals surface area contributed by atoms with Crippen molar-refractivity contribution in [3.63, 3.8) is 0 Å². The van der Waals surface area contributed by atoms with E-state index in [-0.39, 0.29) is 0 Å². The van der Waals surface area contributed by atoms with Crippen LogP contribution in [0.2, 0.25) is 0 Å². The normalized spacial score (nSPS) is 16.6. The predicted octanol–water partition coefficient (Wildman–Crippen LogP) is 6.63. The van der Waals surface area contributed by atoms with Crippen molar-refractivity contribution < 1.29 is 0 Å². The molecular formula is C29H29N5. The third kappa shape index (κ3) is 5.09. The Labute approximate surface area is 201 Å². The van der Waals surface area contributed by atoms with Gasteiger partial charge in [0.05, 0.1) is 17.1 Å². The number of aliphatic imine (C=N–C) groups is 4. The Morgan fingerprint density at radius 3 is 1.76 bits per heavy atom. The molecule has 0 bridgehead atoms. The number of nitrogens with zero attached hydrogens (tertiary/aromatic N) is 5.